The van der Waals surface area contributed by atoms with E-state index in [1.54, 1.807) is 6.33 Å². The Kier molecular flexibility index (Phi) is 4.55. The summed E-state index contributed by atoms with van der Waals surface area (Å²) in [6.07, 6.45) is 9.25. The summed E-state index contributed by atoms with van der Waals surface area (Å²) in [4.78, 5) is 13.9. The molecule has 0 bridgehead atoms. The highest BCUT2D eigenvalue weighted by atomic mass is 15.3. The largest absolute Gasteiger partial charge is 0.356 e. The summed E-state index contributed by atoms with van der Waals surface area (Å²) in [6, 6.07) is 2.20. The molecule has 27 heavy (non-hydrogen) atoms. The Bertz CT molecular complexity index is 791. The van der Waals surface area contributed by atoms with Crippen molar-refractivity contribution in [1.82, 2.24) is 29.6 Å². The van der Waals surface area contributed by atoms with Crippen LogP contribution in [-0.4, -0.2) is 55.8 Å². The highest BCUT2D eigenvalue weighted by Gasteiger charge is 2.29. The van der Waals surface area contributed by atoms with Crippen LogP contribution in [0.3, 0.4) is 0 Å². The van der Waals surface area contributed by atoms with Gasteiger partial charge in [0, 0.05) is 43.7 Å². The lowest BCUT2D eigenvalue weighted by molar-refractivity contribution is 0.317. The van der Waals surface area contributed by atoms with Crippen LogP contribution in [0.5, 0.6) is 0 Å². The quantitative estimate of drug-likeness (QED) is 0.809. The van der Waals surface area contributed by atoms with Gasteiger partial charge in [-0.25, -0.2) is 9.97 Å². The molecule has 0 N–H and O–H groups in total. The molecule has 0 spiro atoms. The van der Waals surface area contributed by atoms with Crippen molar-refractivity contribution in [1.29, 1.82) is 0 Å². The molecule has 7 nitrogen and oxygen atoms in total. The van der Waals surface area contributed by atoms with Crippen LogP contribution >= 0.6 is 0 Å². The Morgan fingerprint density at radius 1 is 0.963 bits per heavy atom. The minimum absolute atomic E-state index is 0.419. The van der Waals surface area contributed by atoms with Crippen LogP contribution in [0.15, 0.2) is 12.4 Å². The van der Waals surface area contributed by atoms with Crippen molar-refractivity contribution in [2.24, 2.45) is 7.05 Å². The molecule has 4 heterocycles. The fraction of sp³-hybridized carbons (Fsp3) is 0.700. The Hall–Kier alpha value is -2.02. The summed E-state index contributed by atoms with van der Waals surface area (Å²) in [5.41, 5.74) is 1.22. The van der Waals surface area contributed by atoms with Crippen molar-refractivity contribution < 1.29 is 0 Å². The van der Waals surface area contributed by atoms with E-state index in [9.17, 15) is 0 Å². The number of piperidine rings is 1. The normalized spacial score (nSPS) is 23.9. The third-order valence-electron chi connectivity index (χ3n) is 6.34. The maximum absolute atomic E-state index is 4.59. The van der Waals surface area contributed by atoms with E-state index in [-0.39, 0.29) is 0 Å². The van der Waals surface area contributed by atoms with Gasteiger partial charge < -0.3 is 9.47 Å². The van der Waals surface area contributed by atoms with Crippen molar-refractivity contribution in [2.45, 2.75) is 56.9 Å². The van der Waals surface area contributed by atoms with E-state index in [0.717, 1.165) is 37.1 Å². The van der Waals surface area contributed by atoms with E-state index < -0.39 is 0 Å². The second kappa shape index (κ2) is 7.19. The second-order valence-corrected chi connectivity index (χ2v) is 8.38. The number of hydrogen-bond acceptors (Lipinski definition) is 6. The zero-order chi connectivity index (χ0) is 18.2. The van der Waals surface area contributed by atoms with Crippen molar-refractivity contribution in [3.05, 3.63) is 29.7 Å². The zero-order valence-corrected chi connectivity index (χ0v) is 16.2. The molecule has 0 aromatic carbocycles. The van der Waals surface area contributed by atoms with Crippen LogP contribution in [0.2, 0.25) is 0 Å². The van der Waals surface area contributed by atoms with Gasteiger partial charge in [-0.15, -0.1) is 10.2 Å². The second-order valence-electron chi connectivity index (χ2n) is 8.38. The molecule has 0 amide bonds. The third-order valence-corrected chi connectivity index (χ3v) is 6.34. The molecular formula is C20H29N7. The number of rotatable bonds is 5. The molecule has 3 fully saturated rings. The van der Waals surface area contributed by atoms with Gasteiger partial charge >= 0.3 is 0 Å². The number of aromatic nitrogens is 5. The minimum Gasteiger partial charge on any atom is -0.356 e. The van der Waals surface area contributed by atoms with Crippen LogP contribution in [0.25, 0.3) is 0 Å². The first-order valence-corrected chi connectivity index (χ1v) is 10.5. The van der Waals surface area contributed by atoms with Gasteiger partial charge in [0.25, 0.3) is 0 Å². The highest BCUT2D eigenvalue weighted by molar-refractivity contribution is 5.41. The van der Waals surface area contributed by atoms with E-state index in [0.29, 0.717) is 11.8 Å². The first kappa shape index (κ1) is 17.1. The predicted molar refractivity (Wildman–Crippen MR) is 104 cm³/mol. The van der Waals surface area contributed by atoms with Crippen molar-refractivity contribution in [3.63, 3.8) is 0 Å². The predicted octanol–water partition coefficient (Wildman–Crippen LogP) is 2.46. The molecule has 5 rings (SSSR count). The summed E-state index contributed by atoms with van der Waals surface area (Å²) in [5.74, 6) is 4.39. The van der Waals surface area contributed by atoms with Crippen LogP contribution in [0.4, 0.5) is 5.82 Å². The molecule has 1 atom stereocenters. The first-order valence-electron chi connectivity index (χ1n) is 10.5. The summed E-state index contributed by atoms with van der Waals surface area (Å²) in [6.45, 7) is 5.34. The molecule has 144 valence electrons. The molecule has 2 aliphatic heterocycles. The standard InChI is InChI=1S/C20H29N7/c1-25-19(13-26-8-2-3-9-26)23-24-20(25)16-5-4-10-27(12-16)18-11-17(15-6-7-15)21-14-22-18/h11,14-16H,2-10,12-13H2,1H3/t16-/m1/s1. The molecule has 0 unspecified atom stereocenters. The Labute approximate surface area is 160 Å². The number of hydrogen-bond donors (Lipinski definition) is 0. The van der Waals surface area contributed by atoms with Gasteiger partial charge in [-0.1, -0.05) is 0 Å². The summed E-state index contributed by atoms with van der Waals surface area (Å²) < 4.78 is 2.24. The lowest BCUT2D eigenvalue weighted by Gasteiger charge is -2.33. The average Bonchev–Trinajstić information content (AvgIpc) is 3.33. The molecule has 1 saturated carbocycles. The molecule has 7 heteroatoms. The van der Waals surface area contributed by atoms with E-state index in [2.05, 4.69) is 47.6 Å². The average molecular weight is 368 g/mol. The summed E-state index contributed by atoms with van der Waals surface area (Å²) in [5, 5.41) is 9.12. The minimum atomic E-state index is 0.419. The van der Waals surface area contributed by atoms with Crippen molar-refractivity contribution in [2.75, 3.05) is 31.1 Å². The van der Waals surface area contributed by atoms with Gasteiger partial charge in [0.2, 0.25) is 0 Å². The maximum Gasteiger partial charge on any atom is 0.146 e. The Balaban J connectivity index is 1.31. The summed E-state index contributed by atoms with van der Waals surface area (Å²) in [7, 11) is 2.13. The number of likely N-dealkylation sites (tertiary alicyclic amines) is 1. The Morgan fingerprint density at radius 2 is 1.81 bits per heavy atom. The summed E-state index contributed by atoms with van der Waals surface area (Å²) >= 11 is 0. The van der Waals surface area contributed by atoms with Gasteiger partial charge in [0.1, 0.15) is 23.8 Å². The zero-order valence-electron chi connectivity index (χ0n) is 16.2. The van der Waals surface area contributed by atoms with Crippen LogP contribution in [-0.2, 0) is 13.6 Å². The van der Waals surface area contributed by atoms with E-state index in [1.807, 2.05) is 0 Å². The van der Waals surface area contributed by atoms with Crippen LogP contribution in [0, 0.1) is 0 Å². The van der Waals surface area contributed by atoms with Crippen LogP contribution < -0.4 is 4.90 Å². The molecule has 1 aliphatic carbocycles. The van der Waals surface area contributed by atoms with Gasteiger partial charge in [-0.2, -0.15) is 0 Å². The molecule has 3 aliphatic rings. The van der Waals surface area contributed by atoms with Gasteiger partial charge in [0.05, 0.1) is 6.54 Å². The Morgan fingerprint density at radius 3 is 2.63 bits per heavy atom. The fourth-order valence-corrected chi connectivity index (χ4v) is 4.54. The highest BCUT2D eigenvalue weighted by Crippen LogP contribution is 2.40. The lowest BCUT2D eigenvalue weighted by Crippen LogP contribution is -2.36. The maximum atomic E-state index is 4.59. The number of anilines is 1. The first-order chi connectivity index (χ1) is 13.3. The van der Waals surface area contributed by atoms with Crippen molar-refractivity contribution in [3.8, 4) is 0 Å². The van der Waals surface area contributed by atoms with Gasteiger partial charge in [-0.3, -0.25) is 4.90 Å². The van der Waals surface area contributed by atoms with E-state index in [1.165, 1.54) is 57.3 Å². The lowest BCUT2D eigenvalue weighted by atomic mass is 9.97. The SMILES string of the molecule is Cn1c(CN2CCCC2)nnc1[C@@H]1CCCN(c2cc(C3CC3)ncn2)C1. The van der Waals surface area contributed by atoms with Crippen LogP contribution in [0.1, 0.15) is 67.7 Å². The van der Waals surface area contributed by atoms with Crippen molar-refractivity contribution >= 4 is 5.82 Å². The topological polar surface area (TPSA) is 63.0 Å². The smallest absolute Gasteiger partial charge is 0.146 e. The molecule has 2 aromatic rings. The van der Waals surface area contributed by atoms with Gasteiger partial charge in [-0.05, 0) is 51.6 Å². The molecule has 2 aromatic heterocycles. The fourth-order valence-electron chi connectivity index (χ4n) is 4.54. The molecular weight excluding hydrogens is 338 g/mol. The number of nitrogens with zero attached hydrogens (tertiary/aromatic N) is 7. The van der Waals surface area contributed by atoms with E-state index in [4.69, 9.17) is 0 Å². The monoisotopic (exact) mass is 367 g/mol. The molecule has 0 radical (unpaired) electrons. The van der Waals surface area contributed by atoms with E-state index >= 15 is 0 Å². The third kappa shape index (κ3) is 3.57. The van der Waals surface area contributed by atoms with Gasteiger partial charge in [0.15, 0.2) is 0 Å². The molecule has 2 saturated heterocycles.